The molecule has 2 aromatic heterocycles. The predicted octanol–water partition coefficient (Wildman–Crippen LogP) is 2.81. The van der Waals surface area contributed by atoms with Gasteiger partial charge in [-0.15, -0.1) is 15.3 Å². The minimum atomic E-state index is -0.605. The smallest absolute Gasteiger partial charge is 0.226 e. The summed E-state index contributed by atoms with van der Waals surface area (Å²) >= 11 is 0. The van der Waals surface area contributed by atoms with E-state index in [1.807, 2.05) is 12.1 Å². The number of benzene rings is 1. The van der Waals surface area contributed by atoms with Crippen LogP contribution in [-0.2, 0) is 11.3 Å². The van der Waals surface area contributed by atoms with Gasteiger partial charge >= 0.3 is 0 Å². The van der Waals surface area contributed by atoms with Crippen molar-refractivity contribution in [3.63, 3.8) is 0 Å². The third-order valence-electron chi connectivity index (χ3n) is 5.94. The van der Waals surface area contributed by atoms with Crippen molar-refractivity contribution in [3.05, 3.63) is 53.9 Å². The molecule has 30 heavy (non-hydrogen) atoms. The summed E-state index contributed by atoms with van der Waals surface area (Å²) in [6.07, 6.45) is 4.88. The van der Waals surface area contributed by atoms with Crippen LogP contribution in [0.3, 0.4) is 0 Å². The quantitative estimate of drug-likeness (QED) is 0.645. The summed E-state index contributed by atoms with van der Waals surface area (Å²) in [6.45, 7) is 1.64. The molecule has 0 spiro atoms. The fourth-order valence-corrected chi connectivity index (χ4v) is 4.08. The molecule has 1 aromatic carbocycles. The fourth-order valence-electron chi connectivity index (χ4n) is 4.08. The molecule has 2 fully saturated rings. The number of carbonyl (C=O) groups excluding carboxylic acids is 1. The van der Waals surface area contributed by atoms with Gasteiger partial charge in [0.05, 0.1) is 0 Å². The average molecular weight is 412 g/mol. The topological polar surface area (TPSA) is 66.6 Å². The predicted molar refractivity (Wildman–Crippen MR) is 106 cm³/mol. The van der Waals surface area contributed by atoms with Crippen LogP contribution in [-0.4, -0.2) is 49.7 Å². The van der Waals surface area contributed by atoms with Crippen LogP contribution >= 0.6 is 0 Å². The van der Waals surface area contributed by atoms with Gasteiger partial charge in [-0.3, -0.25) is 4.79 Å². The second-order valence-electron chi connectivity index (χ2n) is 8.02. The molecule has 7 nitrogen and oxygen atoms in total. The van der Waals surface area contributed by atoms with E-state index >= 15 is 0 Å². The summed E-state index contributed by atoms with van der Waals surface area (Å²) in [4.78, 5) is 17.2. The lowest BCUT2D eigenvalue weighted by molar-refractivity contribution is -0.137. The number of fused-ring (bicyclic) bond motifs is 1. The maximum atomic E-state index is 14.1. The molecule has 9 heteroatoms. The van der Waals surface area contributed by atoms with Gasteiger partial charge in [-0.1, -0.05) is 6.07 Å². The monoisotopic (exact) mass is 412 g/mol. The number of anilines is 1. The van der Waals surface area contributed by atoms with E-state index in [0.29, 0.717) is 11.2 Å². The molecule has 0 atom stereocenters. The van der Waals surface area contributed by atoms with Gasteiger partial charge in [0.15, 0.2) is 5.65 Å². The standard InChI is InChI=1S/C21H22F2N6O/c22-16-2-1-15(18(23)11-16)12-28(17-3-4-17)21(30)14-7-9-27(10-8-14)20-6-5-19-25-24-13-29(19)26-20/h1-2,5-6,11,13-14,17H,3-4,7-10,12H2. The van der Waals surface area contributed by atoms with Gasteiger partial charge in [0.1, 0.15) is 23.8 Å². The zero-order valence-electron chi connectivity index (χ0n) is 16.4. The molecule has 156 valence electrons. The van der Waals surface area contributed by atoms with Gasteiger partial charge in [-0.25, -0.2) is 8.78 Å². The van der Waals surface area contributed by atoms with E-state index in [2.05, 4.69) is 20.2 Å². The Morgan fingerprint density at radius 1 is 1.10 bits per heavy atom. The third-order valence-corrected chi connectivity index (χ3v) is 5.94. The van der Waals surface area contributed by atoms with E-state index in [4.69, 9.17) is 0 Å². The minimum absolute atomic E-state index is 0.0723. The molecule has 0 N–H and O–H groups in total. The van der Waals surface area contributed by atoms with Crippen molar-refractivity contribution in [1.82, 2.24) is 24.7 Å². The highest BCUT2D eigenvalue weighted by Crippen LogP contribution is 2.32. The first-order valence-corrected chi connectivity index (χ1v) is 10.2. The summed E-state index contributed by atoms with van der Waals surface area (Å²) in [5, 5.41) is 12.3. The molecule has 3 heterocycles. The number of hydrogen-bond donors (Lipinski definition) is 0. The number of hydrogen-bond acceptors (Lipinski definition) is 5. The normalized spacial score (nSPS) is 17.5. The van der Waals surface area contributed by atoms with Crippen molar-refractivity contribution in [3.8, 4) is 0 Å². The Kier molecular flexibility index (Phi) is 4.80. The van der Waals surface area contributed by atoms with E-state index in [9.17, 15) is 13.6 Å². The van der Waals surface area contributed by atoms with Crippen LogP contribution in [0, 0.1) is 17.6 Å². The first-order valence-electron chi connectivity index (χ1n) is 10.2. The Bertz CT molecular complexity index is 1070. The van der Waals surface area contributed by atoms with Crippen molar-refractivity contribution in [1.29, 1.82) is 0 Å². The van der Waals surface area contributed by atoms with Gasteiger partial charge in [-0.2, -0.15) is 4.52 Å². The molecule has 2 aliphatic rings. The van der Waals surface area contributed by atoms with Crippen molar-refractivity contribution in [2.24, 2.45) is 5.92 Å². The molecule has 1 aliphatic carbocycles. The van der Waals surface area contributed by atoms with E-state index < -0.39 is 11.6 Å². The SMILES string of the molecule is O=C(C1CCN(c2ccc3nncn3n2)CC1)N(Cc1ccc(F)cc1F)C1CC1. The fraction of sp³-hybridized carbons (Fsp3) is 0.429. The Morgan fingerprint density at radius 3 is 2.63 bits per heavy atom. The first kappa shape index (κ1) is 18.9. The highest BCUT2D eigenvalue weighted by Gasteiger charge is 2.37. The van der Waals surface area contributed by atoms with Gasteiger partial charge in [0.25, 0.3) is 0 Å². The second-order valence-corrected chi connectivity index (χ2v) is 8.02. The molecule has 0 bridgehead atoms. The summed E-state index contributed by atoms with van der Waals surface area (Å²) in [5.74, 6) is -0.391. The number of aromatic nitrogens is 4. The zero-order chi connectivity index (χ0) is 20.7. The molecule has 0 unspecified atom stereocenters. The molecule has 5 rings (SSSR count). The van der Waals surface area contributed by atoms with Crippen LogP contribution < -0.4 is 4.90 Å². The summed E-state index contributed by atoms with van der Waals surface area (Å²) in [5.41, 5.74) is 1.05. The molecule has 3 aromatic rings. The average Bonchev–Trinajstić information content (AvgIpc) is 3.49. The number of nitrogens with zero attached hydrogens (tertiary/aromatic N) is 6. The molecular formula is C21H22F2N6O. The lowest BCUT2D eigenvalue weighted by Gasteiger charge is -2.35. The molecule has 0 radical (unpaired) electrons. The van der Waals surface area contributed by atoms with E-state index in [1.165, 1.54) is 12.1 Å². The number of halogens is 2. The second kappa shape index (κ2) is 7.62. The minimum Gasteiger partial charge on any atom is -0.355 e. The Balaban J connectivity index is 1.25. The molecule has 1 aliphatic heterocycles. The third kappa shape index (κ3) is 3.71. The Hall–Kier alpha value is -3.10. The summed E-state index contributed by atoms with van der Waals surface area (Å²) < 4.78 is 29.0. The molecule has 1 saturated carbocycles. The Morgan fingerprint density at radius 2 is 1.90 bits per heavy atom. The lowest BCUT2D eigenvalue weighted by atomic mass is 9.95. The van der Waals surface area contributed by atoms with Gasteiger partial charge in [-0.05, 0) is 43.9 Å². The van der Waals surface area contributed by atoms with Gasteiger partial charge in [0.2, 0.25) is 5.91 Å². The number of amides is 1. The number of carbonyl (C=O) groups is 1. The van der Waals surface area contributed by atoms with E-state index in [0.717, 1.165) is 50.7 Å². The van der Waals surface area contributed by atoms with Crippen LogP contribution in [0.4, 0.5) is 14.6 Å². The van der Waals surface area contributed by atoms with Crippen LogP contribution in [0.15, 0.2) is 36.7 Å². The summed E-state index contributed by atoms with van der Waals surface area (Å²) in [7, 11) is 0. The van der Waals surface area contributed by atoms with E-state index in [1.54, 1.807) is 15.7 Å². The van der Waals surface area contributed by atoms with Crippen LogP contribution in [0.5, 0.6) is 0 Å². The van der Waals surface area contributed by atoms with Crippen molar-refractivity contribution >= 4 is 17.4 Å². The molecular weight excluding hydrogens is 390 g/mol. The maximum Gasteiger partial charge on any atom is 0.226 e. The van der Waals surface area contributed by atoms with Crippen molar-refractivity contribution < 1.29 is 13.6 Å². The molecule has 1 saturated heterocycles. The van der Waals surface area contributed by atoms with Crippen LogP contribution in [0.25, 0.3) is 5.65 Å². The Labute approximate surface area is 172 Å². The molecule has 1 amide bonds. The number of piperidine rings is 1. The summed E-state index contributed by atoms with van der Waals surface area (Å²) in [6, 6.07) is 7.51. The van der Waals surface area contributed by atoms with Gasteiger partial charge < -0.3 is 9.80 Å². The number of rotatable bonds is 5. The van der Waals surface area contributed by atoms with E-state index in [-0.39, 0.29) is 24.4 Å². The largest absolute Gasteiger partial charge is 0.355 e. The van der Waals surface area contributed by atoms with Crippen molar-refractivity contribution in [2.75, 3.05) is 18.0 Å². The zero-order valence-corrected chi connectivity index (χ0v) is 16.4. The highest BCUT2D eigenvalue weighted by molar-refractivity contribution is 5.80. The van der Waals surface area contributed by atoms with Gasteiger partial charge in [0, 0.05) is 43.2 Å². The first-order chi connectivity index (χ1) is 14.6. The highest BCUT2D eigenvalue weighted by atomic mass is 19.1. The van der Waals surface area contributed by atoms with Crippen molar-refractivity contribution in [2.45, 2.75) is 38.3 Å². The van der Waals surface area contributed by atoms with Crippen LogP contribution in [0.1, 0.15) is 31.2 Å². The maximum absolute atomic E-state index is 14.1. The lowest BCUT2D eigenvalue weighted by Crippen LogP contribution is -2.43. The van der Waals surface area contributed by atoms with Crippen LogP contribution in [0.2, 0.25) is 0 Å².